The number of anilines is 1. The molecule has 1 aliphatic rings. The number of amides is 1. The van der Waals surface area contributed by atoms with Gasteiger partial charge in [0.2, 0.25) is 5.91 Å². The molecule has 3 N–H and O–H groups in total. The van der Waals surface area contributed by atoms with Crippen LogP contribution in [0.1, 0.15) is 46.5 Å². The van der Waals surface area contributed by atoms with Gasteiger partial charge in [0.25, 0.3) is 0 Å². The molecule has 1 amide bonds. The van der Waals surface area contributed by atoms with Crippen LogP contribution in [0.3, 0.4) is 0 Å². The van der Waals surface area contributed by atoms with Crippen LogP contribution in [0.5, 0.6) is 5.75 Å². The fraction of sp³-hybridized carbons (Fsp3) is 0.462. The van der Waals surface area contributed by atoms with Gasteiger partial charge in [0.1, 0.15) is 12.4 Å². The number of carboxylic acid groups (broad SMARTS) is 1. The van der Waals surface area contributed by atoms with Gasteiger partial charge in [-0.1, -0.05) is 38.1 Å². The van der Waals surface area contributed by atoms with Crippen LogP contribution < -0.4 is 15.4 Å². The van der Waals surface area contributed by atoms with E-state index in [2.05, 4.69) is 36.6 Å². The lowest BCUT2D eigenvalue weighted by molar-refractivity contribution is -0.192. The molecule has 6 nitrogen and oxygen atoms in total. The van der Waals surface area contributed by atoms with Crippen molar-refractivity contribution >= 4 is 17.6 Å². The summed E-state index contributed by atoms with van der Waals surface area (Å²) in [5.74, 6) is -1.94. The fourth-order valence-corrected chi connectivity index (χ4v) is 3.76. The monoisotopic (exact) mass is 494 g/mol. The molecule has 9 heteroatoms. The highest BCUT2D eigenvalue weighted by Crippen LogP contribution is 2.35. The van der Waals surface area contributed by atoms with Crippen molar-refractivity contribution in [2.75, 3.05) is 18.5 Å². The van der Waals surface area contributed by atoms with Crippen LogP contribution in [0.15, 0.2) is 48.5 Å². The first-order valence-electron chi connectivity index (χ1n) is 11.5. The molecular formula is C26H33F3N2O4. The van der Waals surface area contributed by atoms with Gasteiger partial charge in [0, 0.05) is 25.2 Å². The van der Waals surface area contributed by atoms with E-state index in [0.29, 0.717) is 18.1 Å². The summed E-state index contributed by atoms with van der Waals surface area (Å²) in [6.45, 7) is 7.81. The smallest absolute Gasteiger partial charge is 0.490 e. The molecule has 0 aromatic heterocycles. The molecule has 3 rings (SSSR count). The maximum Gasteiger partial charge on any atom is 0.490 e. The highest BCUT2D eigenvalue weighted by molar-refractivity contribution is 5.89. The molecule has 192 valence electrons. The molecule has 0 saturated heterocycles. The van der Waals surface area contributed by atoms with Crippen LogP contribution in [-0.4, -0.2) is 42.4 Å². The Morgan fingerprint density at radius 1 is 1.06 bits per heavy atom. The topological polar surface area (TPSA) is 87.7 Å². The van der Waals surface area contributed by atoms with E-state index in [-0.39, 0.29) is 5.91 Å². The Labute approximate surface area is 203 Å². The molecule has 2 aromatic carbocycles. The summed E-state index contributed by atoms with van der Waals surface area (Å²) in [6.07, 6.45) is 0.0464. The second-order valence-corrected chi connectivity index (χ2v) is 9.33. The highest BCUT2D eigenvalue weighted by Gasteiger charge is 2.38. The quantitative estimate of drug-likeness (QED) is 0.418. The lowest BCUT2D eigenvalue weighted by Crippen LogP contribution is -2.37. The third-order valence-electron chi connectivity index (χ3n) is 5.76. The van der Waals surface area contributed by atoms with Gasteiger partial charge in [-0.2, -0.15) is 13.2 Å². The van der Waals surface area contributed by atoms with Gasteiger partial charge in [-0.25, -0.2) is 4.79 Å². The molecule has 0 spiro atoms. The normalized spacial score (nSPS) is 15.5. The van der Waals surface area contributed by atoms with Gasteiger partial charge < -0.3 is 20.5 Å². The third-order valence-corrected chi connectivity index (χ3v) is 5.76. The van der Waals surface area contributed by atoms with Crippen molar-refractivity contribution in [1.29, 1.82) is 0 Å². The Hall–Kier alpha value is -3.07. The predicted molar refractivity (Wildman–Crippen MR) is 129 cm³/mol. The molecule has 0 radical (unpaired) electrons. The van der Waals surface area contributed by atoms with Crippen LogP contribution >= 0.6 is 0 Å². The summed E-state index contributed by atoms with van der Waals surface area (Å²) in [6, 6.07) is 16.6. The van der Waals surface area contributed by atoms with E-state index in [1.807, 2.05) is 36.4 Å². The SMILES string of the molecule is CC(=O)Nc1cccc(-c2ccc(OCCNC3CCC(C)(C)CC3)cc2)c1.O=C(O)C(F)(F)F. The minimum Gasteiger partial charge on any atom is -0.492 e. The molecule has 35 heavy (non-hydrogen) atoms. The summed E-state index contributed by atoms with van der Waals surface area (Å²) >= 11 is 0. The van der Waals surface area contributed by atoms with Crippen molar-refractivity contribution in [3.8, 4) is 16.9 Å². The lowest BCUT2D eigenvalue weighted by Gasteiger charge is -2.34. The Kier molecular flexibility index (Phi) is 10.1. The lowest BCUT2D eigenvalue weighted by atomic mass is 9.75. The average Bonchev–Trinajstić information content (AvgIpc) is 2.77. The number of carbonyl (C=O) groups is 2. The van der Waals surface area contributed by atoms with Crippen LogP contribution in [0.25, 0.3) is 11.1 Å². The van der Waals surface area contributed by atoms with Crippen molar-refractivity contribution in [2.45, 2.75) is 58.7 Å². The molecule has 0 aliphatic heterocycles. The van der Waals surface area contributed by atoms with E-state index in [0.717, 1.165) is 29.1 Å². The number of benzene rings is 2. The van der Waals surface area contributed by atoms with Crippen LogP contribution in [0.2, 0.25) is 0 Å². The molecule has 1 fully saturated rings. The average molecular weight is 495 g/mol. The van der Waals surface area contributed by atoms with E-state index < -0.39 is 12.1 Å². The minimum atomic E-state index is -5.08. The largest absolute Gasteiger partial charge is 0.492 e. The molecule has 0 heterocycles. The van der Waals surface area contributed by atoms with E-state index >= 15 is 0 Å². The first-order valence-corrected chi connectivity index (χ1v) is 11.5. The molecule has 0 unspecified atom stereocenters. The van der Waals surface area contributed by atoms with Gasteiger partial charge in [0.15, 0.2) is 0 Å². The number of halogens is 3. The van der Waals surface area contributed by atoms with E-state index in [1.165, 1.54) is 32.6 Å². The summed E-state index contributed by atoms with van der Waals surface area (Å²) in [5.41, 5.74) is 3.49. The number of carbonyl (C=O) groups excluding carboxylic acids is 1. The summed E-state index contributed by atoms with van der Waals surface area (Å²) in [5, 5.41) is 13.6. The number of carboxylic acids is 1. The molecule has 0 atom stereocenters. The van der Waals surface area contributed by atoms with Crippen molar-refractivity contribution in [1.82, 2.24) is 5.32 Å². The van der Waals surface area contributed by atoms with E-state index in [9.17, 15) is 18.0 Å². The number of aliphatic carboxylic acids is 1. The van der Waals surface area contributed by atoms with Crippen LogP contribution in [0, 0.1) is 5.41 Å². The molecule has 1 aliphatic carbocycles. The zero-order valence-corrected chi connectivity index (χ0v) is 20.2. The van der Waals surface area contributed by atoms with E-state index in [4.69, 9.17) is 14.6 Å². The van der Waals surface area contributed by atoms with Crippen molar-refractivity contribution in [2.24, 2.45) is 5.41 Å². The number of nitrogens with one attached hydrogen (secondary N) is 2. The van der Waals surface area contributed by atoms with Crippen LogP contribution in [-0.2, 0) is 9.59 Å². The molecule has 0 bridgehead atoms. The molecular weight excluding hydrogens is 461 g/mol. The Morgan fingerprint density at radius 3 is 2.20 bits per heavy atom. The maximum atomic E-state index is 11.2. The predicted octanol–water partition coefficient (Wildman–Crippen LogP) is 5.88. The number of hydrogen-bond donors (Lipinski definition) is 3. The summed E-state index contributed by atoms with van der Waals surface area (Å²) < 4.78 is 37.6. The zero-order chi connectivity index (χ0) is 26.1. The van der Waals surface area contributed by atoms with Gasteiger partial charge in [-0.05, 0) is 66.5 Å². The van der Waals surface area contributed by atoms with Gasteiger partial charge in [-0.3, -0.25) is 4.79 Å². The van der Waals surface area contributed by atoms with Gasteiger partial charge in [0.05, 0.1) is 0 Å². The maximum absolute atomic E-state index is 11.2. The Bertz CT molecular complexity index is 965. The summed E-state index contributed by atoms with van der Waals surface area (Å²) in [4.78, 5) is 20.1. The Morgan fingerprint density at radius 2 is 1.66 bits per heavy atom. The first kappa shape index (κ1) is 28.2. The second-order valence-electron chi connectivity index (χ2n) is 9.33. The van der Waals surface area contributed by atoms with Crippen molar-refractivity contribution in [3.63, 3.8) is 0 Å². The summed E-state index contributed by atoms with van der Waals surface area (Å²) in [7, 11) is 0. The number of ether oxygens (including phenoxy) is 1. The van der Waals surface area contributed by atoms with Gasteiger partial charge in [-0.15, -0.1) is 0 Å². The van der Waals surface area contributed by atoms with Crippen LogP contribution in [0.4, 0.5) is 18.9 Å². The number of alkyl halides is 3. The van der Waals surface area contributed by atoms with Gasteiger partial charge >= 0.3 is 12.1 Å². The number of rotatable bonds is 7. The first-order chi connectivity index (χ1) is 16.4. The fourth-order valence-electron chi connectivity index (χ4n) is 3.76. The van der Waals surface area contributed by atoms with E-state index in [1.54, 1.807) is 0 Å². The standard InChI is InChI=1S/C24H32N2O2.C2HF3O2/c1-18(27)26-22-6-4-5-20(17-22)19-7-9-23(10-8-19)28-16-15-25-21-11-13-24(2,3)14-12-21;3-2(4,5)1(6)7/h4-10,17,21,25H,11-16H2,1-3H3,(H,26,27);(H,6,7). The Balaban J connectivity index is 0.000000540. The third kappa shape index (κ3) is 10.4. The zero-order valence-electron chi connectivity index (χ0n) is 20.2. The van der Waals surface area contributed by atoms with Crippen molar-refractivity contribution < 1.29 is 32.6 Å². The van der Waals surface area contributed by atoms with Crippen molar-refractivity contribution in [3.05, 3.63) is 48.5 Å². The second kappa shape index (κ2) is 12.6. The minimum absolute atomic E-state index is 0.0635. The highest BCUT2D eigenvalue weighted by atomic mass is 19.4. The molecule has 2 aromatic rings. The number of hydrogen-bond acceptors (Lipinski definition) is 4. The molecule has 1 saturated carbocycles.